The zero-order valence-corrected chi connectivity index (χ0v) is 17.6. The Hall–Kier alpha value is -3.03. The third-order valence-electron chi connectivity index (χ3n) is 4.55. The summed E-state index contributed by atoms with van der Waals surface area (Å²) in [6, 6.07) is 12.6. The van der Waals surface area contributed by atoms with Crippen molar-refractivity contribution in [1.29, 1.82) is 0 Å². The van der Waals surface area contributed by atoms with E-state index in [1.54, 1.807) is 27.2 Å². The van der Waals surface area contributed by atoms with Crippen molar-refractivity contribution in [3.8, 4) is 0 Å². The van der Waals surface area contributed by atoms with Crippen molar-refractivity contribution in [2.45, 2.75) is 19.1 Å². The number of nitrogens with zero attached hydrogens (tertiary/aromatic N) is 3. The van der Waals surface area contributed by atoms with Crippen LogP contribution in [0.15, 0.2) is 53.5 Å². The van der Waals surface area contributed by atoms with Crippen LogP contribution >= 0.6 is 0 Å². The van der Waals surface area contributed by atoms with Crippen molar-refractivity contribution in [2.24, 2.45) is 4.99 Å². The second-order valence-corrected chi connectivity index (χ2v) is 7.17. The average molecular weight is 420 g/mol. The van der Waals surface area contributed by atoms with Crippen LogP contribution < -0.4 is 5.32 Å². The van der Waals surface area contributed by atoms with Crippen LogP contribution in [0.4, 0.5) is 13.2 Å². The Labute approximate surface area is 175 Å². The number of alkyl halides is 3. The Morgan fingerprint density at radius 2 is 1.70 bits per heavy atom. The second-order valence-electron chi connectivity index (χ2n) is 7.17. The van der Waals surface area contributed by atoms with Crippen molar-refractivity contribution >= 4 is 11.9 Å². The number of benzene rings is 2. The number of nitrogens with one attached hydrogen (secondary N) is 1. The maximum absolute atomic E-state index is 12.7. The van der Waals surface area contributed by atoms with Crippen LogP contribution in [-0.4, -0.2) is 56.4 Å². The largest absolute Gasteiger partial charge is 0.416 e. The van der Waals surface area contributed by atoms with Gasteiger partial charge in [-0.15, -0.1) is 0 Å². The van der Waals surface area contributed by atoms with Gasteiger partial charge in [-0.05, 0) is 41.8 Å². The third kappa shape index (κ3) is 6.50. The third-order valence-corrected chi connectivity index (χ3v) is 4.55. The van der Waals surface area contributed by atoms with E-state index < -0.39 is 11.7 Å². The van der Waals surface area contributed by atoms with E-state index >= 15 is 0 Å². The number of guanidine groups is 1. The van der Waals surface area contributed by atoms with Gasteiger partial charge in [0.2, 0.25) is 0 Å². The summed E-state index contributed by atoms with van der Waals surface area (Å²) in [4.78, 5) is 19.7. The summed E-state index contributed by atoms with van der Waals surface area (Å²) in [6.45, 7) is 1.02. The molecule has 0 bridgehead atoms. The first-order valence-corrected chi connectivity index (χ1v) is 9.50. The molecule has 0 saturated carbocycles. The summed E-state index contributed by atoms with van der Waals surface area (Å²) >= 11 is 0. The Balaban J connectivity index is 1.91. The average Bonchev–Trinajstić information content (AvgIpc) is 2.70. The summed E-state index contributed by atoms with van der Waals surface area (Å²) in [5.41, 5.74) is 1.76. The molecule has 0 saturated heterocycles. The molecule has 0 heterocycles. The molecule has 8 heteroatoms. The van der Waals surface area contributed by atoms with Crippen LogP contribution in [-0.2, 0) is 19.1 Å². The summed E-state index contributed by atoms with van der Waals surface area (Å²) in [7, 11) is 6.91. The molecular formula is C22H27F3N4O. The fourth-order valence-corrected chi connectivity index (χ4v) is 2.97. The molecule has 1 amide bonds. The monoisotopic (exact) mass is 420 g/mol. The van der Waals surface area contributed by atoms with E-state index in [0.29, 0.717) is 31.0 Å². The zero-order valence-electron chi connectivity index (χ0n) is 17.6. The number of carbonyl (C=O) groups is 1. The number of carbonyl (C=O) groups excluding carboxylic acids is 1. The SMILES string of the molecule is CN=C(NCCc1cccc(C(=O)N(C)C)c1)N(C)Cc1ccc(C(F)(F)F)cc1. The van der Waals surface area contributed by atoms with Crippen molar-refractivity contribution in [3.05, 3.63) is 70.8 Å². The Morgan fingerprint density at radius 3 is 2.27 bits per heavy atom. The second kappa shape index (κ2) is 10.1. The van der Waals surface area contributed by atoms with Crippen LogP contribution in [0.5, 0.6) is 0 Å². The minimum atomic E-state index is -4.34. The van der Waals surface area contributed by atoms with E-state index in [0.717, 1.165) is 23.3 Å². The lowest BCUT2D eigenvalue weighted by molar-refractivity contribution is -0.137. The minimum Gasteiger partial charge on any atom is -0.356 e. The Morgan fingerprint density at radius 1 is 1.03 bits per heavy atom. The van der Waals surface area contributed by atoms with Crippen LogP contribution in [0.1, 0.15) is 27.0 Å². The van der Waals surface area contributed by atoms with E-state index in [2.05, 4.69) is 10.3 Å². The smallest absolute Gasteiger partial charge is 0.356 e. The summed E-state index contributed by atoms with van der Waals surface area (Å²) in [5, 5.41) is 3.25. The number of aliphatic imine (C=N–C) groups is 1. The van der Waals surface area contributed by atoms with Crippen LogP contribution in [0.3, 0.4) is 0 Å². The van der Waals surface area contributed by atoms with Gasteiger partial charge in [0, 0.05) is 46.8 Å². The van der Waals surface area contributed by atoms with E-state index in [1.807, 2.05) is 30.1 Å². The number of halogens is 3. The first kappa shape index (κ1) is 23.3. The molecule has 0 atom stereocenters. The summed E-state index contributed by atoms with van der Waals surface area (Å²) < 4.78 is 38.1. The van der Waals surface area contributed by atoms with Gasteiger partial charge in [-0.3, -0.25) is 9.79 Å². The van der Waals surface area contributed by atoms with Crippen molar-refractivity contribution in [2.75, 3.05) is 34.7 Å². The van der Waals surface area contributed by atoms with Crippen molar-refractivity contribution in [1.82, 2.24) is 15.1 Å². The minimum absolute atomic E-state index is 0.0445. The number of hydrogen-bond donors (Lipinski definition) is 1. The molecule has 1 N–H and O–H groups in total. The molecule has 162 valence electrons. The van der Waals surface area contributed by atoms with Crippen LogP contribution in [0.25, 0.3) is 0 Å². The number of amides is 1. The predicted molar refractivity (Wildman–Crippen MR) is 112 cm³/mol. The van der Waals surface area contributed by atoms with Gasteiger partial charge in [0.1, 0.15) is 0 Å². The lowest BCUT2D eigenvalue weighted by atomic mass is 10.1. The molecule has 0 radical (unpaired) electrons. The van der Waals surface area contributed by atoms with Crippen LogP contribution in [0, 0.1) is 0 Å². The van der Waals surface area contributed by atoms with Crippen molar-refractivity contribution in [3.63, 3.8) is 0 Å². The standard InChI is InChI=1S/C22H27F3N4O/c1-26-21(29(4)15-17-8-10-19(11-9-17)22(23,24)25)27-13-12-16-6-5-7-18(14-16)20(30)28(2)3/h5-11,14H,12-13,15H2,1-4H3,(H,26,27). The van der Waals surface area contributed by atoms with Gasteiger partial charge in [-0.1, -0.05) is 24.3 Å². The van der Waals surface area contributed by atoms with Gasteiger partial charge in [0.05, 0.1) is 5.56 Å². The highest BCUT2D eigenvalue weighted by Gasteiger charge is 2.29. The molecule has 30 heavy (non-hydrogen) atoms. The Kier molecular flexibility index (Phi) is 7.86. The normalized spacial score (nSPS) is 11.9. The van der Waals surface area contributed by atoms with E-state index in [-0.39, 0.29) is 5.91 Å². The van der Waals surface area contributed by atoms with Gasteiger partial charge in [-0.2, -0.15) is 13.2 Å². The highest BCUT2D eigenvalue weighted by Crippen LogP contribution is 2.29. The quantitative estimate of drug-likeness (QED) is 0.573. The van der Waals surface area contributed by atoms with Crippen LogP contribution in [0.2, 0.25) is 0 Å². The van der Waals surface area contributed by atoms with Crippen molar-refractivity contribution < 1.29 is 18.0 Å². The maximum Gasteiger partial charge on any atom is 0.416 e. The molecule has 2 aromatic carbocycles. The van der Waals surface area contributed by atoms with Gasteiger partial charge in [-0.25, -0.2) is 0 Å². The lowest BCUT2D eigenvalue weighted by Crippen LogP contribution is -2.39. The topological polar surface area (TPSA) is 47.9 Å². The van der Waals surface area contributed by atoms with E-state index in [1.165, 1.54) is 17.0 Å². The molecule has 0 aliphatic rings. The maximum atomic E-state index is 12.7. The molecule has 0 unspecified atom stereocenters. The predicted octanol–water partition coefficient (Wildman–Crippen LogP) is 3.66. The highest BCUT2D eigenvalue weighted by molar-refractivity contribution is 5.94. The van der Waals surface area contributed by atoms with Gasteiger partial charge >= 0.3 is 6.18 Å². The molecule has 0 aliphatic heterocycles. The molecule has 2 rings (SSSR count). The molecule has 0 aliphatic carbocycles. The van der Waals surface area contributed by atoms with Gasteiger partial charge in [0.15, 0.2) is 5.96 Å². The molecule has 5 nitrogen and oxygen atoms in total. The molecule has 0 spiro atoms. The summed E-state index contributed by atoms with van der Waals surface area (Å²) in [6.07, 6.45) is -3.64. The zero-order chi connectivity index (χ0) is 22.3. The van der Waals surface area contributed by atoms with E-state index in [9.17, 15) is 18.0 Å². The first-order chi connectivity index (χ1) is 14.1. The molecular weight excluding hydrogens is 393 g/mol. The Bertz CT molecular complexity index is 877. The number of rotatable bonds is 6. The van der Waals surface area contributed by atoms with E-state index in [4.69, 9.17) is 0 Å². The molecule has 0 aromatic heterocycles. The highest BCUT2D eigenvalue weighted by atomic mass is 19.4. The lowest BCUT2D eigenvalue weighted by Gasteiger charge is -2.22. The van der Waals surface area contributed by atoms with Gasteiger partial charge in [0.25, 0.3) is 5.91 Å². The summed E-state index contributed by atoms with van der Waals surface area (Å²) in [5.74, 6) is 0.590. The fourth-order valence-electron chi connectivity index (χ4n) is 2.97. The fraction of sp³-hybridized carbons (Fsp3) is 0.364. The first-order valence-electron chi connectivity index (χ1n) is 9.50. The number of hydrogen-bond acceptors (Lipinski definition) is 2. The molecule has 0 fully saturated rings. The molecule has 2 aromatic rings. The van der Waals surface area contributed by atoms with Gasteiger partial charge < -0.3 is 15.1 Å².